The number of esters is 1. The molecule has 112 valence electrons. The van der Waals surface area contributed by atoms with Gasteiger partial charge in [0.2, 0.25) is 0 Å². The maximum atomic E-state index is 12.1. The lowest BCUT2D eigenvalue weighted by atomic mass is 10.2. The molecule has 1 aromatic rings. The Balaban J connectivity index is 2.34. The van der Waals surface area contributed by atoms with Gasteiger partial charge in [0.25, 0.3) is 0 Å². The molecule has 20 heavy (non-hydrogen) atoms. The highest BCUT2D eigenvalue weighted by Crippen LogP contribution is 2.23. The molecule has 0 bridgehead atoms. The van der Waals surface area contributed by atoms with E-state index in [1.165, 1.54) is 25.3 Å². The maximum absolute atomic E-state index is 12.1. The van der Waals surface area contributed by atoms with Crippen LogP contribution in [0, 0.1) is 0 Å². The topological polar surface area (TPSA) is 47.6 Å². The van der Waals surface area contributed by atoms with E-state index in [2.05, 4.69) is 14.8 Å². The van der Waals surface area contributed by atoms with Gasteiger partial charge in [-0.15, -0.1) is 13.2 Å². The van der Waals surface area contributed by atoms with Crippen LogP contribution in [0.15, 0.2) is 24.3 Å². The third-order valence-electron chi connectivity index (χ3n) is 2.42. The Morgan fingerprint density at radius 2 is 2.10 bits per heavy atom. The first-order chi connectivity index (χ1) is 9.40. The first-order valence-electron chi connectivity index (χ1n) is 6.03. The summed E-state index contributed by atoms with van der Waals surface area (Å²) in [6.45, 7) is 0.968. The van der Waals surface area contributed by atoms with E-state index in [1.807, 2.05) is 0 Å². The zero-order chi connectivity index (χ0) is 15.0. The van der Waals surface area contributed by atoms with Crippen molar-refractivity contribution in [3.05, 3.63) is 29.8 Å². The van der Waals surface area contributed by atoms with E-state index in [1.54, 1.807) is 6.07 Å². The number of nitrogens with one attached hydrogen (secondary N) is 1. The number of carbonyl (C=O) groups is 1. The molecular weight excluding hydrogens is 275 g/mol. The molecule has 1 aromatic carbocycles. The predicted octanol–water partition coefficient (Wildman–Crippen LogP) is 2.63. The van der Waals surface area contributed by atoms with Crippen LogP contribution >= 0.6 is 0 Å². The fraction of sp³-hybridized carbons (Fsp3) is 0.462. The summed E-state index contributed by atoms with van der Waals surface area (Å²) in [4.78, 5) is 10.8. The molecule has 0 spiro atoms. The highest BCUT2D eigenvalue weighted by molar-refractivity contribution is 5.69. The van der Waals surface area contributed by atoms with Gasteiger partial charge in [0.05, 0.1) is 7.11 Å². The third-order valence-corrected chi connectivity index (χ3v) is 2.42. The van der Waals surface area contributed by atoms with Crippen LogP contribution in [-0.4, -0.2) is 26.0 Å². The Morgan fingerprint density at radius 1 is 1.35 bits per heavy atom. The molecule has 0 aliphatic carbocycles. The molecule has 4 nitrogen and oxygen atoms in total. The van der Waals surface area contributed by atoms with E-state index in [9.17, 15) is 18.0 Å². The van der Waals surface area contributed by atoms with Gasteiger partial charge in [-0.2, -0.15) is 0 Å². The van der Waals surface area contributed by atoms with Crippen LogP contribution in [-0.2, 0) is 16.1 Å². The molecule has 7 heteroatoms. The average Bonchev–Trinajstić information content (AvgIpc) is 2.36. The molecule has 1 rings (SSSR count). The Hall–Kier alpha value is -1.76. The van der Waals surface area contributed by atoms with Gasteiger partial charge in [0, 0.05) is 13.0 Å². The molecule has 0 aromatic heterocycles. The molecule has 0 saturated carbocycles. The first kappa shape index (κ1) is 16.3. The quantitative estimate of drug-likeness (QED) is 0.619. The van der Waals surface area contributed by atoms with E-state index in [4.69, 9.17) is 0 Å². The lowest BCUT2D eigenvalue weighted by Crippen LogP contribution is -2.18. The number of halogens is 3. The number of ether oxygens (including phenoxy) is 2. The van der Waals surface area contributed by atoms with Gasteiger partial charge in [-0.25, -0.2) is 0 Å². The van der Waals surface area contributed by atoms with Crippen molar-refractivity contribution in [2.45, 2.75) is 25.7 Å². The normalized spacial score (nSPS) is 11.2. The van der Waals surface area contributed by atoms with E-state index < -0.39 is 6.36 Å². The van der Waals surface area contributed by atoms with Crippen LogP contribution in [0.5, 0.6) is 5.75 Å². The maximum Gasteiger partial charge on any atom is 0.573 e. The Morgan fingerprint density at radius 3 is 2.75 bits per heavy atom. The second-order valence-electron chi connectivity index (χ2n) is 4.05. The zero-order valence-electron chi connectivity index (χ0n) is 11.0. The van der Waals surface area contributed by atoms with E-state index in [0.717, 1.165) is 0 Å². The number of hydrogen-bond donors (Lipinski definition) is 1. The number of methoxy groups -OCH3 is 1. The summed E-state index contributed by atoms with van der Waals surface area (Å²) in [7, 11) is 1.32. The van der Waals surface area contributed by atoms with E-state index in [-0.39, 0.29) is 11.7 Å². The number of hydrogen-bond acceptors (Lipinski definition) is 4. The van der Waals surface area contributed by atoms with Crippen molar-refractivity contribution in [1.29, 1.82) is 0 Å². The second-order valence-corrected chi connectivity index (χ2v) is 4.05. The minimum Gasteiger partial charge on any atom is -0.469 e. The van der Waals surface area contributed by atoms with Crippen LogP contribution in [0.4, 0.5) is 13.2 Å². The summed E-state index contributed by atoms with van der Waals surface area (Å²) in [5, 5.41) is 3.03. The van der Waals surface area contributed by atoms with Crippen molar-refractivity contribution >= 4 is 5.97 Å². The molecule has 0 saturated heterocycles. The Bertz CT molecular complexity index is 435. The number of alkyl halides is 3. The third kappa shape index (κ3) is 6.98. The predicted molar refractivity (Wildman–Crippen MR) is 66.1 cm³/mol. The highest BCUT2D eigenvalue weighted by Gasteiger charge is 2.31. The Kier molecular flexibility index (Phi) is 6.30. The summed E-state index contributed by atoms with van der Waals surface area (Å²) in [5.74, 6) is -0.529. The number of benzene rings is 1. The summed E-state index contributed by atoms with van der Waals surface area (Å²) in [6.07, 6.45) is -3.78. The molecule has 0 atom stereocenters. The molecule has 0 heterocycles. The van der Waals surface area contributed by atoms with Crippen molar-refractivity contribution in [3.63, 3.8) is 0 Å². The van der Waals surface area contributed by atoms with Crippen molar-refractivity contribution in [3.8, 4) is 5.75 Å². The molecule has 0 amide bonds. The van der Waals surface area contributed by atoms with Crippen LogP contribution in [0.3, 0.4) is 0 Å². The first-order valence-corrected chi connectivity index (χ1v) is 6.03. The Labute approximate surface area is 114 Å². The van der Waals surface area contributed by atoms with Gasteiger partial charge in [-0.3, -0.25) is 4.79 Å². The number of rotatable bonds is 7. The summed E-state index contributed by atoms with van der Waals surface area (Å²) >= 11 is 0. The van der Waals surface area contributed by atoms with Crippen molar-refractivity contribution in [2.24, 2.45) is 0 Å². The molecular formula is C13H16F3NO3. The zero-order valence-corrected chi connectivity index (χ0v) is 11.0. The van der Waals surface area contributed by atoms with Crippen molar-refractivity contribution < 1.29 is 27.4 Å². The van der Waals surface area contributed by atoms with Gasteiger partial charge < -0.3 is 14.8 Å². The highest BCUT2D eigenvalue weighted by atomic mass is 19.4. The van der Waals surface area contributed by atoms with Gasteiger partial charge >= 0.3 is 12.3 Å². The average molecular weight is 291 g/mol. The van der Waals surface area contributed by atoms with Crippen LogP contribution < -0.4 is 10.1 Å². The van der Waals surface area contributed by atoms with Gasteiger partial charge in [-0.05, 0) is 30.7 Å². The smallest absolute Gasteiger partial charge is 0.469 e. The van der Waals surface area contributed by atoms with Gasteiger partial charge in [0.1, 0.15) is 5.75 Å². The van der Waals surface area contributed by atoms with Crippen molar-refractivity contribution in [1.82, 2.24) is 5.32 Å². The van der Waals surface area contributed by atoms with E-state index >= 15 is 0 Å². The largest absolute Gasteiger partial charge is 0.573 e. The molecule has 0 aliphatic rings. The second kappa shape index (κ2) is 7.74. The minimum atomic E-state index is -4.69. The van der Waals surface area contributed by atoms with Crippen LogP contribution in [0.1, 0.15) is 18.4 Å². The monoisotopic (exact) mass is 291 g/mol. The van der Waals surface area contributed by atoms with Crippen LogP contribution in [0.25, 0.3) is 0 Å². The molecule has 0 fully saturated rings. The van der Waals surface area contributed by atoms with E-state index in [0.29, 0.717) is 31.5 Å². The van der Waals surface area contributed by atoms with Crippen molar-refractivity contribution in [2.75, 3.05) is 13.7 Å². The standard InChI is InChI=1S/C13H16F3NO3/c1-19-12(18)6-3-7-17-9-10-4-2-5-11(8-10)20-13(14,15)16/h2,4-5,8,17H,3,6-7,9H2,1H3. The molecule has 0 unspecified atom stereocenters. The number of carbonyl (C=O) groups excluding carboxylic acids is 1. The van der Waals surface area contributed by atoms with Gasteiger partial charge in [-0.1, -0.05) is 12.1 Å². The molecule has 0 radical (unpaired) electrons. The molecule has 0 aliphatic heterocycles. The van der Waals surface area contributed by atoms with Gasteiger partial charge in [0.15, 0.2) is 0 Å². The molecule has 1 N–H and O–H groups in total. The van der Waals surface area contributed by atoms with Crippen LogP contribution in [0.2, 0.25) is 0 Å². The summed E-state index contributed by atoms with van der Waals surface area (Å²) < 4.78 is 44.5. The fourth-order valence-electron chi connectivity index (χ4n) is 1.55. The lowest BCUT2D eigenvalue weighted by molar-refractivity contribution is -0.274. The summed E-state index contributed by atoms with van der Waals surface area (Å²) in [5.41, 5.74) is 0.671. The fourth-order valence-corrected chi connectivity index (χ4v) is 1.55. The summed E-state index contributed by atoms with van der Waals surface area (Å²) in [6, 6.07) is 5.75. The lowest BCUT2D eigenvalue weighted by Gasteiger charge is -2.10. The SMILES string of the molecule is COC(=O)CCCNCc1cccc(OC(F)(F)F)c1. The minimum absolute atomic E-state index is 0.244.